The lowest BCUT2D eigenvalue weighted by Crippen LogP contribution is -3.00. The minimum absolute atomic E-state index is 0. The molecule has 4 rings (SSSR count). The Balaban J connectivity index is 0.00000169. The number of anilines is 1. The summed E-state index contributed by atoms with van der Waals surface area (Å²) in [7, 11) is 0. The predicted molar refractivity (Wildman–Crippen MR) is 92.8 cm³/mol. The molecule has 1 atom stereocenters. The molecule has 2 aromatic carbocycles. The molecule has 0 saturated carbocycles. The molecule has 2 aliphatic rings. The molecule has 0 radical (unpaired) electrons. The molecule has 2 aliphatic heterocycles. The third-order valence-electron chi connectivity index (χ3n) is 5.03. The monoisotopic (exact) mass is 386 g/mol. The Labute approximate surface area is 154 Å². The number of benzene rings is 2. The zero-order valence-electron chi connectivity index (χ0n) is 14.0. The van der Waals surface area contributed by atoms with E-state index in [0.717, 1.165) is 24.9 Å². The van der Waals surface area contributed by atoms with Crippen LogP contribution in [0, 0.1) is 6.92 Å². The molecule has 24 heavy (non-hydrogen) atoms. The van der Waals surface area contributed by atoms with E-state index in [1.807, 2.05) is 30.3 Å². The fourth-order valence-corrected chi connectivity index (χ4v) is 3.88. The van der Waals surface area contributed by atoms with Crippen LogP contribution in [0.5, 0.6) is 0 Å². The van der Waals surface area contributed by atoms with E-state index in [-0.39, 0.29) is 17.0 Å². The number of rotatable bonds is 2. The van der Waals surface area contributed by atoms with Gasteiger partial charge in [0.1, 0.15) is 5.69 Å². The van der Waals surface area contributed by atoms with Crippen LogP contribution in [0.25, 0.3) is 0 Å². The van der Waals surface area contributed by atoms with Crippen molar-refractivity contribution in [3.63, 3.8) is 0 Å². The highest BCUT2D eigenvalue weighted by atomic mass is 79.9. The Hall–Kier alpha value is -1.65. The highest BCUT2D eigenvalue weighted by Crippen LogP contribution is 2.35. The average molecular weight is 387 g/mol. The van der Waals surface area contributed by atoms with Crippen LogP contribution in [0.4, 0.5) is 5.69 Å². The first-order valence-electron chi connectivity index (χ1n) is 8.44. The van der Waals surface area contributed by atoms with Crippen molar-refractivity contribution in [2.24, 2.45) is 0 Å². The van der Waals surface area contributed by atoms with Gasteiger partial charge in [0.25, 0.3) is 11.6 Å². The van der Waals surface area contributed by atoms with Crippen LogP contribution in [-0.4, -0.2) is 28.6 Å². The Morgan fingerprint density at radius 2 is 1.83 bits per heavy atom. The van der Waals surface area contributed by atoms with Gasteiger partial charge in [0, 0.05) is 12.0 Å². The van der Waals surface area contributed by atoms with Gasteiger partial charge >= 0.3 is 0 Å². The summed E-state index contributed by atoms with van der Waals surface area (Å²) in [5.74, 6) is 1.26. The molecule has 2 heterocycles. The van der Waals surface area contributed by atoms with Crippen molar-refractivity contribution in [3.05, 3.63) is 65.7 Å². The number of aliphatic hydroxyl groups is 1. The van der Waals surface area contributed by atoms with Gasteiger partial charge in [0.05, 0.1) is 6.54 Å². The van der Waals surface area contributed by atoms with Gasteiger partial charge < -0.3 is 22.1 Å². The van der Waals surface area contributed by atoms with Crippen LogP contribution in [-0.2, 0) is 5.72 Å². The summed E-state index contributed by atoms with van der Waals surface area (Å²) in [6.07, 6.45) is 3.36. The Morgan fingerprint density at radius 1 is 1.04 bits per heavy atom. The second-order valence-electron chi connectivity index (χ2n) is 6.63. The van der Waals surface area contributed by atoms with Gasteiger partial charge in [-0.2, -0.15) is 0 Å². The molecule has 1 unspecified atom stereocenters. The van der Waals surface area contributed by atoms with Crippen LogP contribution in [0.2, 0.25) is 0 Å². The normalized spacial score (nSPS) is 23.0. The number of β-amino-alcohol motifs (C(OH)–C–C–N with tert-alkyl or cyclic N) is 1. The van der Waals surface area contributed by atoms with Gasteiger partial charge in [-0.05, 0) is 37.5 Å². The maximum Gasteiger partial charge on any atom is 0.271 e. The molecule has 0 fully saturated rings. The van der Waals surface area contributed by atoms with Crippen molar-refractivity contribution >= 4 is 11.5 Å². The quantitative estimate of drug-likeness (QED) is 0.749. The summed E-state index contributed by atoms with van der Waals surface area (Å²) in [6, 6.07) is 18.6. The lowest BCUT2D eigenvalue weighted by molar-refractivity contribution is -0.661. The van der Waals surface area contributed by atoms with Gasteiger partial charge in [-0.25, -0.2) is 9.48 Å². The van der Waals surface area contributed by atoms with Crippen molar-refractivity contribution in [3.8, 4) is 0 Å². The van der Waals surface area contributed by atoms with Crippen LogP contribution in [0.3, 0.4) is 0 Å². The minimum Gasteiger partial charge on any atom is -1.00 e. The molecule has 0 aliphatic carbocycles. The topological polar surface area (TPSA) is 26.5 Å². The predicted octanol–water partition coefficient (Wildman–Crippen LogP) is 0.259. The smallest absolute Gasteiger partial charge is 0.271 e. The van der Waals surface area contributed by atoms with Crippen LogP contribution in [0.1, 0.15) is 30.4 Å². The number of nitrogens with zero attached hydrogens (tertiary/aromatic N) is 2. The summed E-state index contributed by atoms with van der Waals surface area (Å²) in [4.78, 5) is 2.30. The zero-order valence-corrected chi connectivity index (χ0v) is 15.5. The van der Waals surface area contributed by atoms with E-state index in [9.17, 15) is 5.11 Å². The lowest BCUT2D eigenvalue weighted by Gasteiger charge is -2.24. The molecule has 0 bridgehead atoms. The number of amidine groups is 1. The zero-order chi connectivity index (χ0) is 15.9. The second-order valence-corrected chi connectivity index (χ2v) is 6.63. The van der Waals surface area contributed by atoms with Gasteiger partial charge in [-0.1, -0.05) is 42.5 Å². The summed E-state index contributed by atoms with van der Waals surface area (Å²) >= 11 is 0. The third-order valence-corrected chi connectivity index (χ3v) is 5.03. The molecule has 2 aromatic rings. The number of hydrogen-bond acceptors (Lipinski definition) is 2. The Kier molecular flexibility index (Phi) is 4.79. The van der Waals surface area contributed by atoms with E-state index in [1.165, 1.54) is 23.5 Å². The number of aryl methyl sites for hydroxylation is 1. The SMILES string of the molecule is Cc1cccc(N2CC(O)(c3ccccc3)[N+]3=C2CCCC3)c1.[Br-]. The molecule has 0 saturated heterocycles. The first kappa shape index (κ1) is 17.2. The maximum absolute atomic E-state index is 11.5. The Morgan fingerprint density at radius 3 is 2.58 bits per heavy atom. The molecule has 0 aromatic heterocycles. The van der Waals surface area contributed by atoms with E-state index in [0.29, 0.717) is 6.54 Å². The Bertz CT molecular complexity index is 759. The highest BCUT2D eigenvalue weighted by Gasteiger charge is 2.52. The standard InChI is InChI=1S/C20H23N2O.BrH/c1-16-8-7-11-18(14-16)21-15-20(23,17-9-3-2-4-10-17)22-13-6-5-12-19(21)22;/h2-4,7-11,14,23H,5-6,12-13,15H2,1H3;1H/q+1;/p-1. The molecular formula is C20H23BrN2O. The van der Waals surface area contributed by atoms with Gasteiger partial charge in [0.15, 0.2) is 6.54 Å². The molecular weight excluding hydrogens is 364 g/mol. The van der Waals surface area contributed by atoms with E-state index in [4.69, 9.17) is 0 Å². The summed E-state index contributed by atoms with van der Waals surface area (Å²) in [6.45, 7) is 3.63. The third kappa shape index (κ3) is 2.78. The largest absolute Gasteiger partial charge is 1.00 e. The van der Waals surface area contributed by atoms with E-state index >= 15 is 0 Å². The van der Waals surface area contributed by atoms with Gasteiger partial charge in [0.2, 0.25) is 0 Å². The van der Waals surface area contributed by atoms with Crippen molar-refractivity contribution in [1.82, 2.24) is 0 Å². The van der Waals surface area contributed by atoms with Crippen molar-refractivity contribution in [2.45, 2.75) is 31.9 Å². The first-order chi connectivity index (χ1) is 11.2. The molecule has 0 spiro atoms. The first-order valence-corrected chi connectivity index (χ1v) is 8.44. The van der Waals surface area contributed by atoms with Crippen molar-refractivity contribution in [2.75, 3.05) is 18.0 Å². The van der Waals surface area contributed by atoms with Crippen LogP contribution >= 0.6 is 0 Å². The van der Waals surface area contributed by atoms with Crippen molar-refractivity contribution < 1.29 is 26.7 Å². The number of hydrogen-bond donors (Lipinski definition) is 1. The van der Waals surface area contributed by atoms with E-state index in [2.05, 4.69) is 40.7 Å². The second kappa shape index (κ2) is 6.69. The van der Waals surface area contributed by atoms with Crippen LogP contribution < -0.4 is 21.9 Å². The minimum atomic E-state index is -0.930. The molecule has 126 valence electrons. The highest BCUT2D eigenvalue weighted by molar-refractivity contribution is 5.96. The summed E-state index contributed by atoms with van der Waals surface area (Å²) < 4.78 is 2.22. The summed E-state index contributed by atoms with van der Waals surface area (Å²) in [5.41, 5.74) is 2.48. The molecule has 0 amide bonds. The summed E-state index contributed by atoms with van der Waals surface area (Å²) in [5, 5.41) is 11.5. The van der Waals surface area contributed by atoms with Gasteiger partial charge in [-0.3, -0.25) is 0 Å². The van der Waals surface area contributed by atoms with E-state index in [1.54, 1.807) is 0 Å². The van der Waals surface area contributed by atoms with Crippen molar-refractivity contribution in [1.29, 1.82) is 0 Å². The van der Waals surface area contributed by atoms with E-state index < -0.39 is 5.72 Å². The number of halogens is 1. The molecule has 3 nitrogen and oxygen atoms in total. The molecule has 1 N–H and O–H groups in total. The maximum atomic E-state index is 11.5. The fraction of sp³-hybridized carbons (Fsp3) is 0.350. The average Bonchev–Trinajstić information content (AvgIpc) is 2.91. The van der Waals surface area contributed by atoms with Gasteiger partial charge in [-0.15, -0.1) is 0 Å². The fourth-order valence-electron chi connectivity index (χ4n) is 3.88. The van der Waals surface area contributed by atoms with Crippen LogP contribution in [0.15, 0.2) is 54.6 Å². The molecule has 4 heteroatoms. The lowest BCUT2D eigenvalue weighted by atomic mass is 10.0.